The predicted molar refractivity (Wildman–Crippen MR) is 84.7 cm³/mol. The summed E-state index contributed by atoms with van der Waals surface area (Å²) < 4.78 is 10.2. The molecule has 0 bridgehead atoms. The van der Waals surface area contributed by atoms with Gasteiger partial charge in [-0.3, -0.25) is 0 Å². The Hall–Kier alpha value is -2.67. The van der Waals surface area contributed by atoms with Gasteiger partial charge in [0.25, 0.3) is 0 Å². The van der Waals surface area contributed by atoms with E-state index < -0.39 is 36.2 Å². The predicted octanol–water partition coefficient (Wildman–Crippen LogP) is 1.80. The molecule has 0 aliphatic rings. The van der Waals surface area contributed by atoms with Gasteiger partial charge in [0.15, 0.2) is 6.10 Å². The minimum Gasteiger partial charge on any atom is -0.478 e. The first-order chi connectivity index (χ1) is 11.1. The molecule has 0 fully saturated rings. The number of benzene rings is 1. The summed E-state index contributed by atoms with van der Waals surface area (Å²) in [5.74, 6) is -2.90. The van der Waals surface area contributed by atoms with Gasteiger partial charge in [0.2, 0.25) is 0 Å². The Morgan fingerprint density at radius 2 is 1.62 bits per heavy atom. The molecular formula is C17H20O7. The van der Waals surface area contributed by atoms with E-state index in [1.54, 1.807) is 0 Å². The van der Waals surface area contributed by atoms with Gasteiger partial charge in [-0.2, -0.15) is 0 Å². The van der Waals surface area contributed by atoms with E-state index in [2.05, 4.69) is 6.58 Å². The number of esters is 2. The largest absolute Gasteiger partial charge is 0.478 e. The summed E-state index contributed by atoms with van der Waals surface area (Å²) in [7, 11) is 0. The molecule has 0 aliphatic carbocycles. The van der Waals surface area contributed by atoms with Crippen molar-refractivity contribution < 1.29 is 34.1 Å². The number of ether oxygens (including phenoxy) is 2. The van der Waals surface area contributed by atoms with Gasteiger partial charge in [0, 0.05) is 5.57 Å². The third-order valence-electron chi connectivity index (χ3n) is 3.20. The lowest BCUT2D eigenvalue weighted by molar-refractivity contribution is -0.153. The maximum atomic E-state index is 12.3. The number of aromatic carboxylic acids is 1. The van der Waals surface area contributed by atoms with Crippen molar-refractivity contribution >= 4 is 17.9 Å². The molecule has 0 amide bonds. The van der Waals surface area contributed by atoms with Gasteiger partial charge in [0.1, 0.15) is 6.10 Å². The molecule has 3 unspecified atom stereocenters. The number of aliphatic hydroxyl groups is 1. The second-order valence-corrected chi connectivity index (χ2v) is 5.35. The normalized spacial score (nSPS) is 14.2. The lowest BCUT2D eigenvalue weighted by Gasteiger charge is -2.26. The molecule has 0 radical (unpaired) electrons. The number of carboxylic acids is 1. The van der Waals surface area contributed by atoms with Crippen LogP contribution in [-0.4, -0.2) is 46.4 Å². The van der Waals surface area contributed by atoms with Crippen LogP contribution in [0.15, 0.2) is 36.4 Å². The van der Waals surface area contributed by atoms with Crippen molar-refractivity contribution in [3.63, 3.8) is 0 Å². The van der Waals surface area contributed by atoms with Crippen LogP contribution in [0.2, 0.25) is 0 Å². The second kappa shape index (κ2) is 8.26. The summed E-state index contributed by atoms with van der Waals surface area (Å²) in [5, 5.41) is 18.9. The van der Waals surface area contributed by atoms with Gasteiger partial charge in [0.05, 0.1) is 17.2 Å². The molecule has 0 spiro atoms. The summed E-state index contributed by atoms with van der Waals surface area (Å²) in [5.41, 5.74) is -0.221. The minimum atomic E-state index is -1.28. The first kappa shape index (κ1) is 19.4. The fraction of sp³-hybridized carbons (Fsp3) is 0.353. The van der Waals surface area contributed by atoms with E-state index in [0.717, 1.165) is 0 Å². The summed E-state index contributed by atoms with van der Waals surface area (Å²) in [6.45, 7) is 7.72. The molecule has 1 aromatic rings. The quantitative estimate of drug-likeness (QED) is 0.577. The van der Waals surface area contributed by atoms with Crippen molar-refractivity contribution in [3.8, 4) is 0 Å². The molecular weight excluding hydrogens is 316 g/mol. The zero-order valence-electron chi connectivity index (χ0n) is 13.7. The number of hydrogen-bond donors (Lipinski definition) is 2. The molecule has 3 atom stereocenters. The molecule has 2 N–H and O–H groups in total. The third kappa shape index (κ3) is 4.92. The van der Waals surface area contributed by atoms with Gasteiger partial charge >= 0.3 is 17.9 Å². The Morgan fingerprint density at radius 3 is 2.08 bits per heavy atom. The second-order valence-electron chi connectivity index (χ2n) is 5.35. The number of carboxylic acid groups (broad SMARTS) is 1. The highest BCUT2D eigenvalue weighted by Gasteiger charge is 2.31. The smallest absolute Gasteiger partial charge is 0.339 e. The molecule has 0 aliphatic heterocycles. The Labute approximate surface area is 139 Å². The van der Waals surface area contributed by atoms with Gasteiger partial charge < -0.3 is 19.7 Å². The highest BCUT2D eigenvalue weighted by Crippen LogP contribution is 2.16. The molecule has 1 aromatic carbocycles. The van der Waals surface area contributed by atoms with Crippen molar-refractivity contribution in [2.24, 2.45) is 0 Å². The van der Waals surface area contributed by atoms with Crippen LogP contribution in [0.4, 0.5) is 0 Å². The Bertz CT molecular complexity index is 648. The maximum absolute atomic E-state index is 12.3. The van der Waals surface area contributed by atoms with E-state index in [-0.39, 0.29) is 16.7 Å². The van der Waals surface area contributed by atoms with Gasteiger partial charge in [-0.1, -0.05) is 18.7 Å². The summed E-state index contributed by atoms with van der Waals surface area (Å²) >= 11 is 0. The van der Waals surface area contributed by atoms with Gasteiger partial charge in [-0.15, -0.1) is 0 Å². The molecule has 0 aromatic heterocycles. The third-order valence-corrected chi connectivity index (χ3v) is 3.20. The van der Waals surface area contributed by atoms with Crippen LogP contribution in [0.3, 0.4) is 0 Å². The highest BCUT2D eigenvalue weighted by molar-refractivity contribution is 6.02. The minimum absolute atomic E-state index is 0.158. The van der Waals surface area contributed by atoms with Crippen LogP contribution in [0.1, 0.15) is 41.5 Å². The SMILES string of the molecule is C=C(C)C(=O)OC(C)C(OC(=O)c1ccccc1C(=O)O)C(C)O. The Kier molecular flexibility index (Phi) is 6.67. The van der Waals surface area contributed by atoms with E-state index in [1.807, 2.05) is 0 Å². The molecule has 0 saturated heterocycles. The summed E-state index contributed by atoms with van der Waals surface area (Å²) in [4.78, 5) is 35.0. The first-order valence-electron chi connectivity index (χ1n) is 7.23. The molecule has 130 valence electrons. The lowest BCUT2D eigenvalue weighted by atomic mass is 10.1. The standard InChI is InChI=1S/C17H20O7/c1-9(2)16(21)23-11(4)14(10(3)18)24-17(22)13-8-6-5-7-12(13)15(19)20/h5-8,10-11,14,18H,1H2,2-4H3,(H,19,20). The van der Waals surface area contributed by atoms with Crippen molar-refractivity contribution in [3.05, 3.63) is 47.5 Å². The van der Waals surface area contributed by atoms with Crippen LogP contribution < -0.4 is 0 Å². The van der Waals surface area contributed by atoms with Crippen molar-refractivity contribution in [2.45, 2.75) is 39.1 Å². The molecule has 0 saturated carbocycles. The van der Waals surface area contributed by atoms with E-state index >= 15 is 0 Å². The number of rotatable bonds is 7. The maximum Gasteiger partial charge on any atom is 0.339 e. The fourth-order valence-corrected chi connectivity index (χ4v) is 1.96. The van der Waals surface area contributed by atoms with E-state index in [0.29, 0.717) is 0 Å². The highest BCUT2D eigenvalue weighted by atomic mass is 16.6. The summed E-state index contributed by atoms with van der Waals surface area (Å²) in [6.07, 6.45) is -3.25. The number of carbonyl (C=O) groups is 3. The zero-order valence-corrected chi connectivity index (χ0v) is 13.7. The van der Waals surface area contributed by atoms with Crippen LogP contribution in [0, 0.1) is 0 Å². The van der Waals surface area contributed by atoms with E-state index in [9.17, 15) is 19.5 Å². The van der Waals surface area contributed by atoms with E-state index in [4.69, 9.17) is 14.6 Å². The van der Waals surface area contributed by atoms with Crippen molar-refractivity contribution in [1.82, 2.24) is 0 Å². The fourth-order valence-electron chi connectivity index (χ4n) is 1.96. The number of aliphatic hydroxyl groups excluding tert-OH is 1. The molecule has 1 rings (SSSR count). The van der Waals surface area contributed by atoms with Crippen LogP contribution in [0.25, 0.3) is 0 Å². The molecule has 0 heterocycles. The topological polar surface area (TPSA) is 110 Å². The first-order valence-corrected chi connectivity index (χ1v) is 7.23. The van der Waals surface area contributed by atoms with Crippen LogP contribution >= 0.6 is 0 Å². The van der Waals surface area contributed by atoms with Gasteiger partial charge in [-0.05, 0) is 32.9 Å². The summed E-state index contributed by atoms with van der Waals surface area (Å²) in [6, 6.07) is 5.53. The molecule has 7 nitrogen and oxygen atoms in total. The Balaban J connectivity index is 2.97. The number of carbonyl (C=O) groups excluding carboxylic acids is 2. The van der Waals surface area contributed by atoms with Crippen LogP contribution in [-0.2, 0) is 14.3 Å². The van der Waals surface area contributed by atoms with Crippen molar-refractivity contribution in [1.29, 1.82) is 0 Å². The Morgan fingerprint density at radius 1 is 1.08 bits per heavy atom. The monoisotopic (exact) mass is 336 g/mol. The van der Waals surface area contributed by atoms with Crippen molar-refractivity contribution in [2.75, 3.05) is 0 Å². The van der Waals surface area contributed by atoms with E-state index in [1.165, 1.54) is 45.0 Å². The zero-order chi connectivity index (χ0) is 18.4. The van der Waals surface area contributed by atoms with Crippen LogP contribution in [0.5, 0.6) is 0 Å². The molecule has 7 heteroatoms. The average molecular weight is 336 g/mol. The number of hydrogen-bond acceptors (Lipinski definition) is 6. The lowest BCUT2D eigenvalue weighted by Crippen LogP contribution is -2.41. The molecule has 24 heavy (non-hydrogen) atoms. The average Bonchev–Trinajstić information content (AvgIpc) is 2.51. The van der Waals surface area contributed by atoms with Gasteiger partial charge in [-0.25, -0.2) is 14.4 Å².